The SMILES string of the molecule is O=c1[nH]ccc2nc(N[C@@H]3CCCNC3)nc(Nc3ccc(S(=O)(=O)N4CCOCC4)cc3)c12. The summed E-state index contributed by atoms with van der Waals surface area (Å²) >= 11 is 0. The number of piperidine rings is 1. The van der Waals surface area contributed by atoms with Gasteiger partial charge in [-0.05, 0) is 49.7 Å². The monoisotopic (exact) mass is 485 g/mol. The van der Waals surface area contributed by atoms with E-state index < -0.39 is 10.0 Å². The number of morpholine rings is 1. The Morgan fingerprint density at radius 1 is 1.09 bits per heavy atom. The summed E-state index contributed by atoms with van der Waals surface area (Å²) in [6.07, 6.45) is 3.63. The van der Waals surface area contributed by atoms with E-state index in [1.54, 1.807) is 36.5 Å². The Hall–Kier alpha value is -3.06. The van der Waals surface area contributed by atoms with Gasteiger partial charge in [-0.25, -0.2) is 13.4 Å². The highest BCUT2D eigenvalue weighted by molar-refractivity contribution is 7.89. The van der Waals surface area contributed by atoms with Crippen molar-refractivity contribution in [1.82, 2.24) is 24.6 Å². The fourth-order valence-corrected chi connectivity index (χ4v) is 5.59. The van der Waals surface area contributed by atoms with Gasteiger partial charge in [-0.3, -0.25) is 4.79 Å². The van der Waals surface area contributed by atoms with Crippen LogP contribution in [0, 0.1) is 0 Å². The lowest BCUT2D eigenvalue weighted by atomic mass is 10.1. The molecule has 1 atom stereocenters. The Kier molecular flexibility index (Phi) is 6.46. The van der Waals surface area contributed by atoms with Gasteiger partial charge in [0.2, 0.25) is 16.0 Å². The number of aromatic amines is 1. The van der Waals surface area contributed by atoms with E-state index in [1.165, 1.54) is 4.31 Å². The second-order valence-electron chi connectivity index (χ2n) is 8.32. The van der Waals surface area contributed by atoms with Crippen LogP contribution in [0.4, 0.5) is 17.5 Å². The molecule has 2 saturated heterocycles. The summed E-state index contributed by atoms with van der Waals surface area (Å²) in [5.74, 6) is 0.780. The average molecular weight is 486 g/mol. The maximum absolute atomic E-state index is 12.9. The van der Waals surface area contributed by atoms with E-state index in [2.05, 4.69) is 30.9 Å². The molecule has 1 aromatic carbocycles. The zero-order valence-electron chi connectivity index (χ0n) is 18.6. The molecule has 3 aromatic rings. The van der Waals surface area contributed by atoms with E-state index in [-0.39, 0.29) is 16.5 Å². The summed E-state index contributed by atoms with van der Waals surface area (Å²) in [6.45, 7) is 3.27. The minimum atomic E-state index is -3.59. The Labute approximate surface area is 197 Å². The van der Waals surface area contributed by atoms with Gasteiger partial charge in [0, 0.05) is 37.6 Å². The van der Waals surface area contributed by atoms with Crippen molar-refractivity contribution in [3.63, 3.8) is 0 Å². The lowest BCUT2D eigenvalue weighted by Gasteiger charge is -2.26. The molecule has 0 unspecified atom stereocenters. The Morgan fingerprint density at radius 2 is 1.88 bits per heavy atom. The molecular formula is C22H27N7O4S. The van der Waals surface area contributed by atoms with E-state index in [9.17, 15) is 13.2 Å². The Balaban J connectivity index is 1.42. The van der Waals surface area contributed by atoms with Crippen molar-refractivity contribution in [3.8, 4) is 0 Å². The molecule has 0 bridgehead atoms. The third-order valence-electron chi connectivity index (χ3n) is 5.97. The van der Waals surface area contributed by atoms with Crippen LogP contribution < -0.4 is 21.5 Å². The normalized spacial score (nSPS) is 19.7. The number of fused-ring (bicyclic) bond motifs is 1. The molecule has 4 heterocycles. The predicted molar refractivity (Wildman–Crippen MR) is 129 cm³/mol. The Morgan fingerprint density at radius 3 is 2.62 bits per heavy atom. The van der Waals surface area contributed by atoms with Crippen molar-refractivity contribution < 1.29 is 13.2 Å². The third kappa shape index (κ3) is 4.75. The first kappa shape index (κ1) is 22.7. The van der Waals surface area contributed by atoms with Gasteiger partial charge in [0.15, 0.2) is 0 Å². The molecule has 2 aliphatic heterocycles. The molecule has 2 fully saturated rings. The lowest BCUT2D eigenvalue weighted by Crippen LogP contribution is -2.40. The van der Waals surface area contributed by atoms with Gasteiger partial charge >= 0.3 is 0 Å². The minimum Gasteiger partial charge on any atom is -0.379 e. The van der Waals surface area contributed by atoms with E-state index in [1.807, 2.05) is 0 Å². The van der Waals surface area contributed by atoms with Gasteiger partial charge in [0.25, 0.3) is 5.56 Å². The molecule has 4 N–H and O–H groups in total. The molecular weight excluding hydrogens is 458 g/mol. The van der Waals surface area contributed by atoms with E-state index in [0.29, 0.717) is 54.7 Å². The molecule has 0 spiro atoms. The number of benzene rings is 1. The molecule has 5 rings (SSSR count). The molecule has 0 radical (unpaired) electrons. The molecule has 11 nitrogen and oxygen atoms in total. The summed E-state index contributed by atoms with van der Waals surface area (Å²) in [7, 11) is -3.59. The fourth-order valence-electron chi connectivity index (χ4n) is 4.19. The zero-order valence-corrected chi connectivity index (χ0v) is 19.4. The molecule has 0 aliphatic carbocycles. The fraction of sp³-hybridized carbons (Fsp3) is 0.409. The Bertz CT molecular complexity index is 1320. The van der Waals surface area contributed by atoms with Crippen LogP contribution in [-0.2, 0) is 14.8 Å². The number of pyridine rings is 1. The van der Waals surface area contributed by atoms with Crippen molar-refractivity contribution >= 4 is 38.4 Å². The molecule has 12 heteroatoms. The predicted octanol–water partition coefficient (Wildman–Crippen LogP) is 1.25. The molecule has 0 saturated carbocycles. The zero-order chi connectivity index (χ0) is 23.5. The lowest BCUT2D eigenvalue weighted by molar-refractivity contribution is 0.0730. The van der Waals surface area contributed by atoms with Crippen LogP contribution in [0.25, 0.3) is 10.9 Å². The smallest absolute Gasteiger partial charge is 0.261 e. The average Bonchev–Trinajstić information content (AvgIpc) is 2.85. The first-order valence-corrected chi connectivity index (χ1v) is 12.8. The van der Waals surface area contributed by atoms with Crippen molar-refractivity contribution in [2.75, 3.05) is 50.0 Å². The summed E-state index contributed by atoms with van der Waals surface area (Å²) < 4.78 is 32.4. The number of nitrogens with one attached hydrogen (secondary N) is 4. The van der Waals surface area contributed by atoms with Gasteiger partial charge in [0.05, 0.1) is 23.6 Å². The molecule has 2 aliphatic rings. The van der Waals surface area contributed by atoms with Crippen LogP contribution >= 0.6 is 0 Å². The van der Waals surface area contributed by atoms with Crippen LogP contribution in [0.15, 0.2) is 46.2 Å². The minimum absolute atomic E-state index is 0.200. The van der Waals surface area contributed by atoms with Crippen LogP contribution in [0.5, 0.6) is 0 Å². The molecule has 180 valence electrons. The number of hydrogen-bond acceptors (Lipinski definition) is 9. The number of ether oxygens (including phenoxy) is 1. The van der Waals surface area contributed by atoms with Crippen molar-refractivity contribution in [1.29, 1.82) is 0 Å². The number of rotatable bonds is 6. The number of H-pyrrole nitrogens is 1. The van der Waals surface area contributed by atoms with E-state index in [4.69, 9.17) is 4.74 Å². The number of nitrogens with zero attached hydrogens (tertiary/aromatic N) is 3. The third-order valence-corrected chi connectivity index (χ3v) is 7.89. The highest BCUT2D eigenvalue weighted by Crippen LogP contribution is 2.25. The number of anilines is 3. The second-order valence-corrected chi connectivity index (χ2v) is 10.3. The van der Waals surface area contributed by atoms with Crippen molar-refractivity contribution in [3.05, 3.63) is 46.9 Å². The summed E-state index contributed by atoms with van der Waals surface area (Å²) in [6, 6.07) is 8.35. The van der Waals surface area contributed by atoms with Crippen molar-refractivity contribution in [2.24, 2.45) is 0 Å². The first-order valence-electron chi connectivity index (χ1n) is 11.3. The molecule has 0 amide bonds. The van der Waals surface area contributed by atoms with Crippen molar-refractivity contribution in [2.45, 2.75) is 23.8 Å². The summed E-state index contributed by atoms with van der Waals surface area (Å²) in [5, 5.41) is 10.2. The molecule has 2 aromatic heterocycles. The topological polar surface area (TPSA) is 141 Å². The van der Waals surface area contributed by atoms with Gasteiger partial charge in [0.1, 0.15) is 11.2 Å². The van der Waals surface area contributed by atoms with Crippen LogP contribution in [-0.4, -0.2) is 73.1 Å². The summed E-state index contributed by atoms with van der Waals surface area (Å²) in [4.78, 5) is 24.5. The van der Waals surface area contributed by atoms with E-state index >= 15 is 0 Å². The quantitative estimate of drug-likeness (QED) is 0.406. The van der Waals surface area contributed by atoms with Gasteiger partial charge in [-0.1, -0.05) is 0 Å². The maximum atomic E-state index is 12.9. The summed E-state index contributed by atoms with van der Waals surface area (Å²) in [5.41, 5.74) is 0.811. The largest absolute Gasteiger partial charge is 0.379 e. The maximum Gasteiger partial charge on any atom is 0.261 e. The number of hydrogen-bond donors (Lipinski definition) is 4. The van der Waals surface area contributed by atoms with Crippen LogP contribution in [0.2, 0.25) is 0 Å². The number of sulfonamides is 1. The molecule has 34 heavy (non-hydrogen) atoms. The van der Waals surface area contributed by atoms with E-state index in [0.717, 1.165) is 25.9 Å². The number of aromatic nitrogens is 3. The van der Waals surface area contributed by atoms with Crippen LogP contribution in [0.1, 0.15) is 12.8 Å². The highest BCUT2D eigenvalue weighted by Gasteiger charge is 2.26. The van der Waals surface area contributed by atoms with Gasteiger partial charge in [-0.15, -0.1) is 0 Å². The standard InChI is InChI=1S/C22H27N7O4S/c30-21-19-18(7-9-24-21)27-22(26-16-2-1-8-23-14-16)28-20(19)25-15-3-5-17(6-4-15)34(31,32)29-10-12-33-13-11-29/h3-7,9,16,23H,1-2,8,10-14H2,(H,24,30)(H2,25,26,27,28)/t16-/m1/s1. The van der Waals surface area contributed by atoms with Gasteiger partial charge < -0.3 is 25.7 Å². The van der Waals surface area contributed by atoms with Gasteiger partial charge in [-0.2, -0.15) is 9.29 Å². The highest BCUT2D eigenvalue weighted by atomic mass is 32.2. The second kappa shape index (κ2) is 9.66. The first-order chi connectivity index (χ1) is 16.5. The van der Waals surface area contributed by atoms with Crippen LogP contribution in [0.3, 0.4) is 0 Å².